The van der Waals surface area contributed by atoms with E-state index in [9.17, 15) is 71.5 Å². The van der Waals surface area contributed by atoms with E-state index in [2.05, 4.69) is 26.5 Å². The van der Waals surface area contributed by atoms with Crippen LogP contribution in [0.3, 0.4) is 0 Å². The molecule has 3 fully saturated rings. The number of nitrogens with one attached hydrogen (secondary N) is 3. The first kappa shape index (κ1) is 75.6. The van der Waals surface area contributed by atoms with Crippen molar-refractivity contribution in [3.63, 3.8) is 0 Å². The van der Waals surface area contributed by atoms with Crippen molar-refractivity contribution in [3.05, 3.63) is 97.8 Å². The number of phosphoric acid groups is 6. The largest absolute Gasteiger partial charge is 1.00 e. The van der Waals surface area contributed by atoms with Crippen LogP contribution in [0.15, 0.2) is 47.4 Å². The molecule has 12 N–H and O–H groups in total. The molecule has 78 heavy (non-hydrogen) atoms. The summed E-state index contributed by atoms with van der Waals surface area (Å²) in [6.45, 7) is 1.95. The molecule has 12 unspecified atom stereocenters. The molecule has 6 heterocycles. The summed E-state index contributed by atoms with van der Waals surface area (Å²) in [5.74, 6) is 0. The zero-order valence-electron chi connectivity index (χ0n) is 41.0. The molecule has 0 aromatic carbocycles. The van der Waals surface area contributed by atoms with Gasteiger partial charge in [0.05, 0.1) is 38.1 Å². The summed E-state index contributed by atoms with van der Waals surface area (Å²) in [6, 6.07) is 0. The fourth-order valence-corrected chi connectivity index (χ4v) is 11.2. The monoisotopic (exact) mass is 1270 g/mol. The van der Waals surface area contributed by atoms with Gasteiger partial charge in [-0.05, 0) is 40.0 Å². The molecular formula is C30H45N6Na3O33P6. The number of aryl methyl sites for hydroxylation is 3. The van der Waals surface area contributed by atoms with Crippen molar-refractivity contribution in [1.29, 1.82) is 0 Å². The summed E-state index contributed by atoms with van der Waals surface area (Å²) in [7, 11) is -31.2. The molecular weight excluding hydrogens is 1230 g/mol. The van der Waals surface area contributed by atoms with Crippen molar-refractivity contribution in [2.24, 2.45) is 0 Å². The van der Waals surface area contributed by atoms with Crippen LogP contribution < -0.4 is 138 Å². The Hall–Kier alpha value is -0.420. The standard InChI is InChI=1S/3C10H15N2O11P2.3Na/c3*1-5-3-12(10(15)11-9(5)14)8-2-6(13)7(22-8)4-21-25(19,20)23-24(16,17)18;;;/h3*3,6-8H,2,4H2,1H3,(H,19,20)(H,11,14,15)(H2,16,17,18);;;/q3*-1;3*+1. The molecule has 3 aliphatic rings. The van der Waals surface area contributed by atoms with Crippen LogP contribution in [0.25, 0.3) is 0 Å². The zero-order valence-corrected chi connectivity index (χ0v) is 52.4. The fraction of sp³-hybridized carbons (Fsp3) is 0.600. The zero-order chi connectivity index (χ0) is 57.0. The van der Waals surface area contributed by atoms with Crippen LogP contribution in [0, 0.1) is 20.8 Å². The van der Waals surface area contributed by atoms with Crippen LogP contribution in [0.2, 0.25) is 0 Å². The van der Waals surface area contributed by atoms with E-state index in [0.717, 1.165) is 13.7 Å². The summed E-state index contributed by atoms with van der Waals surface area (Å²) in [4.78, 5) is 154. The number of aromatic nitrogens is 6. The van der Waals surface area contributed by atoms with Gasteiger partial charge in [0.2, 0.25) is 0 Å². The van der Waals surface area contributed by atoms with Gasteiger partial charge in [0.15, 0.2) is 0 Å². The number of nitrogens with zero attached hydrogens (tertiary/aromatic N) is 3. The average molecular weight is 1270 g/mol. The van der Waals surface area contributed by atoms with E-state index in [1.807, 2.05) is 15.0 Å². The maximum Gasteiger partial charge on any atom is 1.00 e. The molecule has 3 aromatic rings. The van der Waals surface area contributed by atoms with E-state index >= 15 is 0 Å². The van der Waals surface area contributed by atoms with Gasteiger partial charge in [-0.25, -0.2) is 41.8 Å². The molecule has 0 aliphatic carbocycles. The second-order valence-electron chi connectivity index (χ2n) is 15.7. The van der Waals surface area contributed by atoms with Gasteiger partial charge in [-0.3, -0.25) is 56.6 Å². The van der Waals surface area contributed by atoms with Gasteiger partial charge in [0.25, 0.3) is 16.7 Å². The first-order valence-corrected chi connectivity index (χ1v) is 29.3. The van der Waals surface area contributed by atoms with Crippen molar-refractivity contribution in [3.8, 4) is 0 Å². The normalized spacial score (nSPS) is 25.5. The van der Waals surface area contributed by atoms with E-state index in [1.54, 1.807) is 0 Å². The van der Waals surface area contributed by atoms with E-state index in [4.69, 9.17) is 58.3 Å². The van der Waals surface area contributed by atoms with E-state index < -0.39 is 156 Å². The van der Waals surface area contributed by atoms with Crippen LogP contribution >= 0.6 is 46.9 Å². The number of H-pyrrole nitrogens is 3. The molecule has 426 valence electrons. The van der Waals surface area contributed by atoms with Gasteiger partial charge in [-0.2, -0.15) is 12.9 Å². The number of phosphoric ester groups is 3. The number of ether oxygens (including phenoxy) is 3. The van der Waals surface area contributed by atoms with Gasteiger partial charge < -0.3 is 73.6 Å². The maximum atomic E-state index is 11.9. The quantitative estimate of drug-likeness (QED) is 0.0416. The van der Waals surface area contributed by atoms with Crippen LogP contribution in [0.1, 0.15) is 54.6 Å². The molecule has 0 amide bonds. The Morgan fingerprint density at radius 3 is 0.859 bits per heavy atom. The molecule has 39 nitrogen and oxygen atoms in total. The Labute approximate surface area is 500 Å². The minimum Gasteiger partial charge on any atom is -0.850 e. The minimum atomic E-state index is -5.28. The molecule has 0 saturated carbocycles. The molecule has 3 aromatic heterocycles. The van der Waals surface area contributed by atoms with Crippen LogP contribution in [-0.2, 0) is 68.1 Å². The second kappa shape index (κ2) is 30.6. The van der Waals surface area contributed by atoms with Gasteiger partial charge in [-0.1, -0.05) is 18.3 Å². The Morgan fingerprint density at radius 2 is 0.667 bits per heavy atom. The first-order valence-electron chi connectivity index (χ1n) is 20.3. The van der Waals surface area contributed by atoms with Gasteiger partial charge in [0.1, 0.15) is 18.7 Å². The Balaban J connectivity index is 0.000000574. The van der Waals surface area contributed by atoms with Gasteiger partial charge in [-0.15, -0.1) is 0 Å². The Bertz CT molecular complexity index is 2880. The molecule has 0 spiro atoms. The molecule has 12 atom stereocenters. The van der Waals surface area contributed by atoms with Crippen molar-refractivity contribution in [2.75, 3.05) is 19.8 Å². The van der Waals surface area contributed by atoms with Crippen molar-refractivity contribution in [1.82, 2.24) is 28.7 Å². The summed E-state index contributed by atoms with van der Waals surface area (Å²) in [5.41, 5.74) is -3.54. The number of hydrogen-bond donors (Lipinski definition) is 12. The van der Waals surface area contributed by atoms with Crippen molar-refractivity contribution < 1.29 is 216 Å². The predicted molar refractivity (Wildman–Crippen MR) is 232 cm³/mol. The van der Waals surface area contributed by atoms with E-state index in [0.29, 0.717) is 0 Å². The summed E-state index contributed by atoms with van der Waals surface area (Å²) < 4.78 is 108. The van der Waals surface area contributed by atoms with Crippen LogP contribution in [0.4, 0.5) is 0 Å². The molecule has 0 radical (unpaired) electrons. The SMILES string of the molecule is Cc1cn(C2CC([O-])C(COP(=O)(O)OP(=O)(O)O)O2)c(=O)[nH]c1=O.Cc1cn(C2CC([O-])C(COP(=O)(O)OP(=O)(O)O)O2)c(=O)[nH]c1=O.Cc1cn(C2CC([O-])C(COP(=O)(O)OP(=O)(O)O)O2)c(=O)[nH]c1=O.[Na+].[Na+].[Na+]. The summed E-state index contributed by atoms with van der Waals surface area (Å²) in [5, 5.41) is 35.8. The number of hydrogen-bond acceptors (Lipinski definition) is 24. The van der Waals surface area contributed by atoms with Crippen LogP contribution in [0.5, 0.6) is 0 Å². The molecule has 48 heteroatoms. The smallest absolute Gasteiger partial charge is 0.850 e. The molecule has 3 aliphatic heterocycles. The van der Waals surface area contributed by atoms with E-state index in [-0.39, 0.29) is 125 Å². The minimum absolute atomic E-state index is 0. The third-order valence-corrected chi connectivity index (χ3v) is 16.2. The molecule has 3 saturated heterocycles. The molecule has 6 rings (SSSR count). The summed E-state index contributed by atoms with van der Waals surface area (Å²) >= 11 is 0. The predicted octanol–water partition coefficient (Wildman–Crippen LogP) is -14.7. The topological polar surface area (TPSA) is 601 Å². The third kappa shape index (κ3) is 24.3. The van der Waals surface area contributed by atoms with Crippen LogP contribution in [-0.4, -0.2) is 129 Å². The summed E-state index contributed by atoms with van der Waals surface area (Å²) in [6.07, 6.45) is -8.35. The van der Waals surface area contributed by atoms with Gasteiger partial charge >= 0.3 is 153 Å². The third-order valence-electron chi connectivity index (χ3n) is 9.74. The Morgan fingerprint density at radius 1 is 0.462 bits per heavy atom. The van der Waals surface area contributed by atoms with Crippen molar-refractivity contribution in [2.45, 2.75) is 95.3 Å². The van der Waals surface area contributed by atoms with Crippen molar-refractivity contribution >= 4 is 46.9 Å². The second-order valence-corrected chi connectivity index (χ2v) is 24.1. The average Bonchev–Trinajstić information content (AvgIpc) is 3.92. The van der Waals surface area contributed by atoms with Gasteiger partial charge in [0, 0.05) is 35.3 Å². The first-order chi connectivity index (χ1) is 34.1. The van der Waals surface area contributed by atoms with E-state index in [1.165, 1.54) is 39.4 Å². The maximum absolute atomic E-state index is 11.9. The Kier molecular flexibility index (Phi) is 29.6. The number of aromatic amines is 3. The molecule has 0 bridgehead atoms. The number of rotatable bonds is 18. The fourth-order valence-electron chi connectivity index (χ4n) is 6.44.